The van der Waals surface area contributed by atoms with Crippen molar-refractivity contribution in [1.29, 1.82) is 5.41 Å². The van der Waals surface area contributed by atoms with Crippen molar-refractivity contribution < 1.29 is 13.2 Å². The summed E-state index contributed by atoms with van der Waals surface area (Å²) in [5, 5.41) is 6.95. The molecule has 0 saturated carbocycles. The van der Waals surface area contributed by atoms with E-state index in [2.05, 4.69) is 15.0 Å². The molecular formula is C11H9F3N4. The van der Waals surface area contributed by atoms with Gasteiger partial charge in [-0.2, -0.15) is 13.2 Å². The van der Waals surface area contributed by atoms with Crippen LogP contribution in [0.15, 0.2) is 30.7 Å². The molecule has 0 atom stereocenters. The monoisotopic (exact) mass is 254 g/mol. The highest BCUT2D eigenvalue weighted by Crippen LogP contribution is 2.20. The van der Waals surface area contributed by atoms with Crippen molar-refractivity contribution in [1.82, 2.24) is 15.0 Å². The number of alkyl halides is 3. The lowest BCUT2D eigenvalue weighted by atomic mass is 10.2. The van der Waals surface area contributed by atoms with Gasteiger partial charge in [0.1, 0.15) is 0 Å². The molecule has 0 aliphatic carbocycles. The maximum Gasteiger partial charge on any atom is 0.436 e. The molecule has 18 heavy (non-hydrogen) atoms. The molecule has 0 saturated heterocycles. The third-order valence-corrected chi connectivity index (χ3v) is 2.29. The van der Waals surface area contributed by atoms with Crippen LogP contribution in [-0.4, -0.2) is 26.8 Å². The summed E-state index contributed by atoms with van der Waals surface area (Å²) in [5.41, 5.74) is -0.0487. The second-order valence-electron chi connectivity index (χ2n) is 3.66. The first-order chi connectivity index (χ1) is 8.47. The van der Waals surface area contributed by atoms with Crippen LogP contribution in [0.2, 0.25) is 0 Å². The van der Waals surface area contributed by atoms with Crippen molar-refractivity contribution in [2.75, 3.05) is 0 Å². The van der Waals surface area contributed by atoms with Gasteiger partial charge in [-0.25, -0.2) is 4.98 Å². The third-order valence-electron chi connectivity index (χ3n) is 2.29. The van der Waals surface area contributed by atoms with E-state index in [-0.39, 0.29) is 0 Å². The Hall–Kier alpha value is -2.18. The number of rotatable bonds is 3. The largest absolute Gasteiger partial charge is 0.436 e. The minimum Gasteiger partial charge on any atom is -0.340 e. The van der Waals surface area contributed by atoms with E-state index in [4.69, 9.17) is 5.41 Å². The molecule has 4 nitrogen and oxygen atoms in total. The van der Waals surface area contributed by atoms with Crippen LogP contribution >= 0.6 is 0 Å². The number of halogens is 3. The Kier molecular flexibility index (Phi) is 3.14. The molecule has 0 spiro atoms. The Labute approximate surface area is 100 Å². The number of imidazole rings is 1. The van der Waals surface area contributed by atoms with Crippen LogP contribution in [0.3, 0.4) is 0 Å². The first kappa shape index (κ1) is 12.3. The van der Waals surface area contributed by atoms with Crippen LogP contribution in [0.25, 0.3) is 0 Å². The molecule has 2 aromatic heterocycles. The molecule has 7 heteroatoms. The summed E-state index contributed by atoms with van der Waals surface area (Å²) in [7, 11) is 0. The second-order valence-corrected chi connectivity index (χ2v) is 3.66. The van der Waals surface area contributed by atoms with E-state index in [9.17, 15) is 13.2 Å². The summed E-state index contributed by atoms with van der Waals surface area (Å²) in [6.07, 6.45) is 0.233. The Morgan fingerprint density at radius 2 is 1.94 bits per heavy atom. The lowest BCUT2D eigenvalue weighted by molar-refractivity contribution is -0.0591. The zero-order chi connectivity index (χ0) is 13.2. The molecule has 2 N–H and O–H groups in total. The van der Waals surface area contributed by atoms with Crippen LogP contribution in [0.5, 0.6) is 0 Å². The van der Waals surface area contributed by atoms with E-state index >= 15 is 0 Å². The maximum absolute atomic E-state index is 12.3. The van der Waals surface area contributed by atoms with E-state index in [0.29, 0.717) is 12.1 Å². The lowest BCUT2D eigenvalue weighted by Gasteiger charge is -2.04. The molecule has 0 aliphatic heterocycles. The van der Waals surface area contributed by atoms with Gasteiger partial charge in [0.05, 0.1) is 0 Å². The number of hydrogen-bond donors (Lipinski definition) is 2. The zero-order valence-electron chi connectivity index (χ0n) is 9.12. The Bertz CT molecular complexity index is 545. The fourth-order valence-electron chi connectivity index (χ4n) is 1.43. The first-order valence-electron chi connectivity index (χ1n) is 5.05. The molecule has 94 valence electrons. The van der Waals surface area contributed by atoms with Gasteiger partial charge in [0.2, 0.25) is 0 Å². The van der Waals surface area contributed by atoms with Gasteiger partial charge in [0.25, 0.3) is 0 Å². The highest BCUT2D eigenvalue weighted by Gasteiger charge is 2.37. The van der Waals surface area contributed by atoms with Crippen molar-refractivity contribution in [3.8, 4) is 0 Å². The fraction of sp³-hybridized carbons (Fsp3) is 0.182. The molecule has 2 aromatic rings. The molecule has 0 bridgehead atoms. The summed E-state index contributed by atoms with van der Waals surface area (Å²) < 4.78 is 36.8. The van der Waals surface area contributed by atoms with Gasteiger partial charge in [0, 0.05) is 30.7 Å². The third kappa shape index (κ3) is 2.73. The lowest BCUT2D eigenvalue weighted by Crippen LogP contribution is -2.24. The van der Waals surface area contributed by atoms with Gasteiger partial charge in [-0.15, -0.1) is 0 Å². The van der Waals surface area contributed by atoms with Gasteiger partial charge in [-0.1, -0.05) is 0 Å². The quantitative estimate of drug-likeness (QED) is 0.825. The van der Waals surface area contributed by atoms with E-state index in [1.807, 2.05) is 0 Å². The van der Waals surface area contributed by atoms with Crippen molar-refractivity contribution in [2.24, 2.45) is 0 Å². The molecule has 0 aromatic carbocycles. The summed E-state index contributed by atoms with van der Waals surface area (Å²) in [5.74, 6) is -0.466. The van der Waals surface area contributed by atoms with Gasteiger partial charge in [-0.3, -0.25) is 10.4 Å². The van der Waals surface area contributed by atoms with E-state index in [1.165, 1.54) is 6.20 Å². The summed E-state index contributed by atoms with van der Waals surface area (Å²) in [6, 6.07) is 3.52. The van der Waals surface area contributed by atoms with Crippen molar-refractivity contribution in [2.45, 2.75) is 12.6 Å². The molecule has 0 fully saturated rings. The minimum atomic E-state index is -4.69. The van der Waals surface area contributed by atoms with Crippen LogP contribution in [0.4, 0.5) is 13.2 Å². The van der Waals surface area contributed by atoms with Gasteiger partial charge in [-0.05, 0) is 17.7 Å². The summed E-state index contributed by atoms with van der Waals surface area (Å²) >= 11 is 0. The summed E-state index contributed by atoms with van der Waals surface area (Å²) in [4.78, 5) is 9.90. The van der Waals surface area contributed by atoms with Crippen LogP contribution in [0.1, 0.15) is 17.1 Å². The van der Waals surface area contributed by atoms with E-state index in [1.54, 1.807) is 24.5 Å². The van der Waals surface area contributed by atoms with Gasteiger partial charge < -0.3 is 4.98 Å². The highest BCUT2D eigenvalue weighted by atomic mass is 19.4. The van der Waals surface area contributed by atoms with E-state index in [0.717, 1.165) is 5.56 Å². The summed E-state index contributed by atoms with van der Waals surface area (Å²) in [6.45, 7) is 0. The normalized spacial score (nSPS) is 11.5. The number of aromatic amines is 1. The molecule has 0 amide bonds. The van der Waals surface area contributed by atoms with Crippen LogP contribution < -0.4 is 0 Å². The Balaban J connectivity index is 2.14. The molecule has 0 radical (unpaired) electrons. The maximum atomic E-state index is 12.3. The molecule has 0 unspecified atom stereocenters. The van der Waals surface area contributed by atoms with Crippen molar-refractivity contribution in [3.63, 3.8) is 0 Å². The predicted molar refractivity (Wildman–Crippen MR) is 58.5 cm³/mol. The minimum absolute atomic E-state index is 0.417. The molecular weight excluding hydrogens is 245 g/mol. The second kappa shape index (κ2) is 4.59. The van der Waals surface area contributed by atoms with Gasteiger partial charge in [0.15, 0.2) is 11.5 Å². The zero-order valence-corrected chi connectivity index (χ0v) is 9.12. The number of aromatic nitrogens is 3. The number of nitrogens with zero attached hydrogens (tertiary/aromatic N) is 2. The number of pyridine rings is 1. The standard InChI is InChI=1S/C11H9F3N4/c12-11(13,14)9(15)10-17-6-8(18-10)5-7-1-3-16-4-2-7/h1-4,6,15H,5H2,(H,17,18). The first-order valence-corrected chi connectivity index (χ1v) is 5.05. The fourth-order valence-corrected chi connectivity index (χ4v) is 1.43. The number of H-pyrrole nitrogens is 1. The molecule has 2 rings (SSSR count). The van der Waals surface area contributed by atoms with E-state index < -0.39 is 17.7 Å². The van der Waals surface area contributed by atoms with Gasteiger partial charge >= 0.3 is 6.18 Å². The number of hydrogen-bond acceptors (Lipinski definition) is 3. The topological polar surface area (TPSA) is 65.4 Å². The smallest absolute Gasteiger partial charge is 0.340 e. The molecule has 0 aliphatic rings. The van der Waals surface area contributed by atoms with Crippen LogP contribution in [0, 0.1) is 5.41 Å². The highest BCUT2D eigenvalue weighted by molar-refractivity contribution is 5.99. The Morgan fingerprint density at radius 1 is 1.28 bits per heavy atom. The van der Waals surface area contributed by atoms with Crippen molar-refractivity contribution in [3.05, 3.63) is 47.8 Å². The molecule has 2 heterocycles. The SMILES string of the molecule is N=C(c1ncc(Cc2ccncc2)[nH]1)C(F)(F)F. The average Bonchev–Trinajstić information content (AvgIpc) is 2.76. The van der Waals surface area contributed by atoms with Crippen LogP contribution in [-0.2, 0) is 6.42 Å². The average molecular weight is 254 g/mol. The predicted octanol–water partition coefficient (Wildman–Crippen LogP) is 2.33. The number of nitrogens with one attached hydrogen (secondary N) is 2. The van der Waals surface area contributed by atoms with Crippen molar-refractivity contribution >= 4 is 5.71 Å². The Morgan fingerprint density at radius 3 is 2.56 bits per heavy atom.